The van der Waals surface area contributed by atoms with Crippen molar-refractivity contribution in [2.75, 3.05) is 23.1 Å². The number of nitrogens with zero attached hydrogens (tertiary/aromatic N) is 3. The number of rotatable bonds is 4. The van der Waals surface area contributed by atoms with Crippen molar-refractivity contribution in [1.82, 2.24) is 9.97 Å². The van der Waals surface area contributed by atoms with Crippen molar-refractivity contribution >= 4 is 58.0 Å². The lowest BCUT2D eigenvalue weighted by atomic mass is 10.1. The summed E-state index contributed by atoms with van der Waals surface area (Å²) in [4.78, 5) is 21.3. The Balaban J connectivity index is 0.00000243. The van der Waals surface area contributed by atoms with Gasteiger partial charge in [0.25, 0.3) is 0 Å². The summed E-state index contributed by atoms with van der Waals surface area (Å²) >= 11 is 5.57. The second-order valence-corrected chi connectivity index (χ2v) is 5.89. The maximum absolute atomic E-state index is 14.4. The molecule has 0 fully saturated rings. The zero-order valence-electron chi connectivity index (χ0n) is 14.2. The summed E-state index contributed by atoms with van der Waals surface area (Å²) in [6, 6.07) is 10.6. The van der Waals surface area contributed by atoms with E-state index in [-0.39, 0.29) is 24.0 Å². The first-order chi connectivity index (χ1) is 12.0. The second-order valence-electron chi connectivity index (χ2n) is 5.62. The molecule has 1 aromatic heterocycles. The fourth-order valence-corrected chi connectivity index (χ4v) is 2.69. The standard InChI is InChI=1S/C18H16ClFN4O.ClH/c1-11-4-3-5-12(6-11)23-18-13-7-16(24(2)17(25)9-19)14(20)8-15(13)21-10-22-18;/h3-8,10H,9H2,1-2H3,(H,21,22,23);1H. The molecule has 1 heterocycles. The Morgan fingerprint density at radius 3 is 2.73 bits per heavy atom. The van der Waals surface area contributed by atoms with Crippen LogP contribution < -0.4 is 10.2 Å². The van der Waals surface area contributed by atoms with Crippen LogP contribution in [0.25, 0.3) is 10.9 Å². The number of hydrogen-bond donors (Lipinski definition) is 1. The first kappa shape index (κ1) is 19.9. The minimum absolute atomic E-state index is 0. The van der Waals surface area contributed by atoms with Crippen molar-refractivity contribution in [3.63, 3.8) is 0 Å². The first-order valence-corrected chi connectivity index (χ1v) is 8.13. The van der Waals surface area contributed by atoms with Crippen LogP contribution in [0.5, 0.6) is 0 Å². The molecule has 3 rings (SSSR count). The molecule has 0 saturated heterocycles. The van der Waals surface area contributed by atoms with Gasteiger partial charge in [-0.1, -0.05) is 12.1 Å². The lowest BCUT2D eigenvalue weighted by Gasteiger charge is -2.18. The third-order valence-corrected chi connectivity index (χ3v) is 4.06. The molecule has 1 N–H and O–H groups in total. The van der Waals surface area contributed by atoms with Crippen LogP contribution in [0.4, 0.5) is 21.6 Å². The minimum atomic E-state index is -0.548. The van der Waals surface area contributed by atoms with Gasteiger partial charge in [-0.2, -0.15) is 0 Å². The lowest BCUT2D eigenvalue weighted by Crippen LogP contribution is -2.28. The average molecular weight is 395 g/mol. The van der Waals surface area contributed by atoms with Gasteiger partial charge in [-0.3, -0.25) is 4.79 Å². The van der Waals surface area contributed by atoms with E-state index in [9.17, 15) is 9.18 Å². The van der Waals surface area contributed by atoms with Gasteiger partial charge in [-0.15, -0.1) is 24.0 Å². The van der Waals surface area contributed by atoms with Gasteiger partial charge in [-0.05, 0) is 30.7 Å². The minimum Gasteiger partial charge on any atom is -0.340 e. The number of amides is 1. The summed E-state index contributed by atoms with van der Waals surface area (Å²) in [5, 5.41) is 3.82. The van der Waals surface area contributed by atoms with E-state index in [0.29, 0.717) is 16.7 Å². The van der Waals surface area contributed by atoms with Gasteiger partial charge in [0.15, 0.2) is 0 Å². The van der Waals surface area contributed by atoms with Crippen LogP contribution in [0.2, 0.25) is 0 Å². The Bertz CT molecular complexity index is 952. The van der Waals surface area contributed by atoms with Crippen molar-refractivity contribution in [2.24, 2.45) is 0 Å². The highest BCUT2D eigenvalue weighted by molar-refractivity contribution is 6.29. The molecule has 2 aromatic carbocycles. The van der Waals surface area contributed by atoms with Gasteiger partial charge in [0.2, 0.25) is 5.91 Å². The molecular formula is C18H17Cl2FN4O. The summed E-state index contributed by atoms with van der Waals surface area (Å²) in [5.74, 6) is -0.643. The zero-order valence-corrected chi connectivity index (χ0v) is 15.7. The number of aromatic nitrogens is 2. The van der Waals surface area contributed by atoms with E-state index in [2.05, 4.69) is 15.3 Å². The normalized spacial score (nSPS) is 10.3. The fraction of sp³-hybridized carbons (Fsp3) is 0.167. The Hall–Kier alpha value is -2.44. The van der Waals surface area contributed by atoms with Gasteiger partial charge in [-0.25, -0.2) is 14.4 Å². The first-order valence-electron chi connectivity index (χ1n) is 7.60. The monoisotopic (exact) mass is 394 g/mol. The molecular weight excluding hydrogens is 378 g/mol. The lowest BCUT2D eigenvalue weighted by molar-refractivity contribution is -0.116. The van der Waals surface area contributed by atoms with Crippen molar-refractivity contribution in [2.45, 2.75) is 6.92 Å². The van der Waals surface area contributed by atoms with E-state index in [1.807, 2.05) is 31.2 Å². The number of carbonyl (C=O) groups excluding carboxylic acids is 1. The van der Waals surface area contributed by atoms with Gasteiger partial charge in [0.1, 0.15) is 23.8 Å². The van der Waals surface area contributed by atoms with Crippen molar-refractivity contribution in [1.29, 1.82) is 0 Å². The summed E-state index contributed by atoms with van der Waals surface area (Å²) < 4.78 is 14.4. The zero-order chi connectivity index (χ0) is 18.0. The van der Waals surface area contributed by atoms with Gasteiger partial charge in [0.05, 0.1) is 11.2 Å². The Morgan fingerprint density at radius 2 is 2.04 bits per heavy atom. The maximum atomic E-state index is 14.4. The van der Waals surface area contributed by atoms with E-state index >= 15 is 0 Å². The molecule has 5 nitrogen and oxygen atoms in total. The highest BCUT2D eigenvalue weighted by Crippen LogP contribution is 2.29. The quantitative estimate of drug-likeness (QED) is 0.664. The van der Waals surface area contributed by atoms with E-state index < -0.39 is 11.7 Å². The molecule has 8 heteroatoms. The van der Waals surface area contributed by atoms with Crippen LogP contribution in [-0.2, 0) is 4.79 Å². The van der Waals surface area contributed by atoms with Crippen LogP contribution in [0.15, 0.2) is 42.7 Å². The van der Waals surface area contributed by atoms with Gasteiger partial charge in [0, 0.05) is 24.2 Å². The average Bonchev–Trinajstić information content (AvgIpc) is 2.60. The topological polar surface area (TPSA) is 58.1 Å². The molecule has 0 aliphatic rings. The fourth-order valence-electron chi connectivity index (χ4n) is 2.51. The molecule has 0 bridgehead atoms. The number of fused-ring (bicyclic) bond motifs is 1. The van der Waals surface area contributed by atoms with Crippen LogP contribution >= 0.6 is 24.0 Å². The highest BCUT2D eigenvalue weighted by Gasteiger charge is 2.17. The SMILES string of the molecule is Cc1cccc(Nc2ncnc3cc(F)c(N(C)C(=O)CCl)cc23)c1.Cl. The summed E-state index contributed by atoms with van der Waals surface area (Å²) in [7, 11) is 1.48. The number of alkyl halides is 1. The molecule has 26 heavy (non-hydrogen) atoms. The van der Waals surface area contributed by atoms with Gasteiger partial charge < -0.3 is 10.2 Å². The van der Waals surface area contributed by atoms with Crippen LogP contribution in [0.1, 0.15) is 5.56 Å². The van der Waals surface area contributed by atoms with Crippen LogP contribution in [-0.4, -0.2) is 28.8 Å². The Kier molecular flexibility index (Phi) is 6.34. The van der Waals surface area contributed by atoms with Gasteiger partial charge >= 0.3 is 0 Å². The molecule has 1 amide bonds. The third kappa shape index (κ3) is 4.03. The molecule has 0 radical (unpaired) electrons. The van der Waals surface area contributed by atoms with E-state index in [4.69, 9.17) is 11.6 Å². The predicted octanol–water partition coefficient (Wildman–Crippen LogP) is 4.44. The highest BCUT2D eigenvalue weighted by atomic mass is 35.5. The molecule has 0 aliphatic heterocycles. The van der Waals surface area contributed by atoms with E-state index in [0.717, 1.165) is 11.3 Å². The predicted molar refractivity (Wildman–Crippen MR) is 105 cm³/mol. The largest absolute Gasteiger partial charge is 0.340 e. The number of aryl methyl sites for hydroxylation is 1. The molecule has 0 unspecified atom stereocenters. The number of anilines is 3. The Labute approximate surface area is 161 Å². The molecule has 136 valence electrons. The summed E-state index contributed by atoms with van der Waals surface area (Å²) in [6.45, 7) is 1.99. The number of carbonyl (C=O) groups is 1. The van der Waals surface area contributed by atoms with E-state index in [1.54, 1.807) is 6.07 Å². The molecule has 0 aliphatic carbocycles. The number of halogens is 3. The van der Waals surface area contributed by atoms with Crippen molar-refractivity contribution in [3.05, 3.63) is 54.1 Å². The number of benzene rings is 2. The molecule has 0 saturated carbocycles. The second kappa shape index (κ2) is 8.29. The van der Waals surface area contributed by atoms with Crippen LogP contribution in [0, 0.1) is 12.7 Å². The number of hydrogen-bond acceptors (Lipinski definition) is 4. The van der Waals surface area contributed by atoms with E-state index in [1.165, 1.54) is 24.3 Å². The van der Waals surface area contributed by atoms with Crippen LogP contribution in [0.3, 0.4) is 0 Å². The Morgan fingerprint density at radius 1 is 1.27 bits per heavy atom. The van der Waals surface area contributed by atoms with Crippen molar-refractivity contribution < 1.29 is 9.18 Å². The smallest absolute Gasteiger partial charge is 0.241 e. The maximum Gasteiger partial charge on any atom is 0.241 e. The number of nitrogens with one attached hydrogen (secondary N) is 1. The summed E-state index contributed by atoms with van der Waals surface area (Å²) in [6.07, 6.45) is 1.37. The van der Waals surface area contributed by atoms with Crippen molar-refractivity contribution in [3.8, 4) is 0 Å². The molecule has 3 aromatic rings. The summed E-state index contributed by atoms with van der Waals surface area (Å²) in [5.41, 5.74) is 2.52. The third-order valence-electron chi connectivity index (χ3n) is 3.83. The molecule has 0 atom stereocenters. The molecule has 0 spiro atoms.